The molecule has 3 rings (SSSR count). The second-order valence-corrected chi connectivity index (χ2v) is 17.6. The van der Waals surface area contributed by atoms with E-state index in [0.29, 0.717) is 52.1 Å². The molecule has 3 aliphatic heterocycles. The molecular formula is C23H46O9Si2. The number of hydrogen-bond donors (Lipinski definition) is 0. The molecule has 0 aromatic rings. The van der Waals surface area contributed by atoms with Crippen LogP contribution in [0.25, 0.3) is 0 Å². The third kappa shape index (κ3) is 6.31. The average Bonchev–Trinajstić information content (AvgIpc) is 3.73. The van der Waals surface area contributed by atoms with Crippen molar-refractivity contribution in [3.63, 3.8) is 0 Å². The van der Waals surface area contributed by atoms with E-state index in [1.165, 1.54) is 0 Å². The van der Waals surface area contributed by atoms with Gasteiger partial charge in [0.25, 0.3) is 0 Å². The molecule has 0 N–H and O–H groups in total. The van der Waals surface area contributed by atoms with E-state index in [4.69, 9.17) is 41.1 Å². The van der Waals surface area contributed by atoms with Crippen LogP contribution in [0.5, 0.6) is 0 Å². The number of hydrogen-bond acceptors (Lipinski definition) is 9. The Hall–Kier alpha value is 0.0738. The van der Waals surface area contributed by atoms with E-state index in [0.717, 1.165) is 26.1 Å². The van der Waals surface area contributed by atoms with Crippen molar-refractivity contribution in [2.24, 2.45) is 0 Å². The molecule has 0 aromatic heterocycles. The predicted octanol–water partition coefficient (Wildman–Crippen LogP) is 3.14. The zero-order chi connectivity index (χ0) is 24.7. The molecule has 3 fully saturated rings. The van der Waals surface area contributed by atoms with Gasteiger partial charge in [-0.1, -0.05) is 13.8 Å². The molecule has 3 saturated heterocycles. The van der Waals surface area contributed by atoms with Crippen molar-refractivity contribution in [3.05, 3.63) is 0 Å². The van der Waals surface area contributed by atoms with E-state index >= 15 is 0 Å². The van der Waals surface area contributed by atoms with Crippen LogP contribution in [0.1, 0.15) is 60.8 Å². The minimum absolute atomic E-state index is 0.164. The van der Waals surface area contributed by atoms with Gasteiger partial charge in [-0.05, 0) is 53.0 Å². The summed E-state index contributed by atoms with van der Waals surface area (Å²) in [7, 11) is -6.37. The van der Waals surface area contributed by atoms with E-state index in [9.17, 15) is 0 Å². The summed E-state index contributed by atoms with van der Waals surface area (Å²) >= 11 is 0. The molecule has 0 bridgehead atoms. The van der Waals surface area contributed by atoms with Crippen LogP contribution >= 0.6 is 0 Å². The van der Waals surface area contributed by atoms with E-state index in [2.05, 4.69) is 13.8 Å². The zero-order valence-corrected chi connectivity index (χ0v) is 24.0. The first-order chi connectivity index (χ1) is 16.5. The quantitative estimate of drug-likeness (QED) is 0.199. The van der Waals surface area contributed by atoms with Crippen molar-refractivity contribution in [3.8, 4) is 0 Å². The Morgan fingerprint density at radius 1 is 0.735 bits per heavy atom. The summed E-state index contributed by atoms with van der Waals surface area (Å²) < 4.78 is 57.0. The normalized spacial score (nSPS) is 31.2. The largest absolute Gasteiger partial charge is 0.540 e. The fourth-order valence-corrected chi connectivity index (χ4v) is 16.6. The SMILES string of the molecule is CCO[Si]1(OCC)CCC(C(CC)OCC2CO2)(C(CC)OCC2CO2)O[Si]1(OCC)OCC. The number of epoxide rings is 2. The molecule has 9 nitrogen and oxygen atoms in total. The monoisotopic (exact) mass is 522 g/mol. The maximum Gasteiger partial charge on any atom is 0.540 e. The molecule has 3 aliphatic rings. The molecule has 0 aromatic carbocycles. The maximum absolute atomic E-state index is 7.25. The van der Waals surface area contributed by atoms with Crippen molar-refractivity contribution >= 4 is 16.4 Å². The van der Waals surface area contributed by atoms with Crippen molar-refractivity contribution in [2.45, 2.75) is 96.9 Å². The van der Waals surface area contributed by atoms with Crippen LogP contribution in [-0.2, 0) is 41.1 Å². The van der Waals surface area contributed by atoms with Crippen LogP contribution in [0.4, 0.5) is 0 Å². The molecule has 0 amide bonds. The Morgan fingerprint density at radius 2 is 1.18 bits per heavy atom. The number of rotatable bonds is 18. The van der Waals surface area contributed by atoms with Crippen molar-refractivity contribution in [1.82, 2.24) is 0 Å². The van der Waals surface area contributed by atoms with Gasteiger partial charge in [-0.25, -0.2) is 0 Å². The highest BCUT2D eigenvalue weighted by atomic mass is 29.3. The van der Waals surface area contributed by atoms with Gasteiger partial charge in [0, 0.05) is 26.4 Å². The third-order valence-electron chi connectivity index (χ3n) is 6.66. The van der Waals surface area contributed by atoms with Crippen LogP contribution in [-0.4, -0.2) is 99.3 Å². The van der Waals surface area contributed by atoms with Gasteiger partial charge in [-0.15, -0.1) is 0 Å². The van der Waals surface area contributed by atoms with Crippen LogP contribution in [0, 0.1) is 0 Å². The van der Waals surface area contributed by atoms with E-state index in [1.54, 1.807) is 0 Å². The third-order valence-corrected chi connectivity index (χ3v) is 17.6. The van der Waals surface area contributed by atoms with Crippen molar-refractivity contribution in [2.75, 3.05) is 52.9 Å². The topological polar surface area (TPSA) is 89.7 Å². The zero-order valence-electron chi connectivity index (χ0n) is 22.0. The summed E-state index contributed by atoms with van der Waals surface area (Å²) in [6.45, 7) is 16.8. The highest BCUT2D eigenvalue weighted by Crippen LogP contribution is 2.47. The lowest BCUT2D eigenvalue weighted by Gasteiger charge is -2.56. The van der Waals surface area contributed by atoms with Gasteiger partial charge in [0.05, 0.1) is 38.6 Å². The lowest BCUT2D eigenvalue weighted by atomic mass is 9.84. The Bertz CT molecular complexity index is 567. The first-order valence-corrected chi connectivity index (χ1v) is 18.0. The predicted molar refractivity (Wildman–Crippen MR) is 131 cm³/mol. The molecule has 0 radical (unpaired) electrons. The lowest BCUT2D eigenvalue weighted by Crippen LogP contribution is -2.80. The lowest BCUT2D eigenvalue weighted by molar-refractivity contribution is -0.198. The molecule has 0 spiro atoms. The summed E-state index contributed by atoms with van der Waals surface area (Å²) in [6, 6.07) is 0.709. The molecule has 200 valence electrons. The molecule has 4 atom stereocenters. The summed E-state index contributed by atoms with van der Waals surface area (Å²) in [4.78, 5) is 0. The summed E-state index contributed by atoms with van der Waals surface area (Å²) in [5.74, 6) is 0. The van der Waals surface area contributed by atoms with E-state index < -0.39 is 22.0 Å². The van der Waals surface area contributed by atoms with Gasteiger partial charge in [0.1, 0.15) is 17.8 Å². The second-order valence-electron chi connectivity index (χ2n) is 8.97. The fourth-order valence-electron chi connectivity index (χ4n) is 5.07. The second kappa shape index (κ2) is 13.0. The Labute approximate surface area is 207 Å². The van der Waals surface area contributed by atoms with Crippen molar-refractivity contribution in [1.29, 1.82) is 0 Å². The van der Waals surface area contributed by atoms with Gasteiger partial charge >= 0.3 is 16.4 Å². The Kier molecular flexibility index (Phi) is 11.0. The van der Waals surface area contributed by atoms with Gasteiger partial charge in [0.2, 0.25) is 0 Å². The minimum Gasteiger partial charge on any atom is -0.392 e. The summed E-state index contributed by atoms with van der Waals surface area (Å²) in [5.41, 5.74) is -0.742. The molecule has 0 saturated carbocycles. The standard InChI is InChI=1S/C23H46O9Si2/c1-7-21(26-17-19-15-24-19)23(22(8-2)27-18-20-16-25-20)13-14-33(28-9-3,29-10-4)34(32-23,30-11-5)31-12-6/h19-22H,7-18H2,1-6H3. The Morgan fingerprint density at radius 3 is 1.53 bits per heavy atom. The van der Waals surface area contributed by atoms with Gasteiger partial charge in [-0.3, -0.25) is 0 Å². The first kappa shape index (κ1) is 28.6. The van der Waals surface area contributed by atoms with Crippen LogP contribution in [0.2, 0.25) is 6.04 Å². The van der Waals surface area contributed by atoms with Crippen LogP contribution < -0.4 is 0 Å². The van der Waals surface area contributed by atoms with Crippen LogP contribution in [0.15, 0.2) is 0 Å². The van der Waals surface area contributed by atoms with E-state index in [1.807, 2.05) is 27.7 Å². The van der Waals surface area contributed by atoms with Crippen molar-refractivity contribution < 1.29 is 41.1 Å². The molecule has 4 unspecified atom stereocenters. The summed E-state index contributed by atoms with van der Waals surface area (Å²) in [5, 5.41) is 0. The van der Waals surface area contributed by atoms with Gasteiger partial charge in [-0.2, -0.15) is 0 Å². The summed E-state index contributed by atoms with van der Waals surface area (Å²) in [6.07, 6.45) is 2.16. The molecule has 0 aliphatic carbocycles. The first-order valence-electron chi connectivity index (χ1n) is 13.2. The molecular weight excluding hydrogens is 476 g/mol. The number of ether oxygens (including phenoxy) is 4. The fraction of sp³-hybridized carbons (Fsp3) is 1.00. The Balaban J connectivity index is 2.01. The minimum atomic E-state index is -3.41. The highest BCUT2D eigenvalue weighted by Gasteiger charge is 2.75. The average molecular weight is 523 g/mol. The van der Waals surface area contributed by atoms with Gasteiger partial charge < -0.3 is 41.1 Å². The van der Waals surface area contributed by atoms with E-state index in [-0.39, 0.29) is 24.4 Å². The smallest absolute Gasteiger partial charge is 0.392 e. The molecule has 3 heterocycles. The maximum atomic E-state index is 7.25. The molecule has 11 heteroatoms. The molecule has 34 heavy (non-hydrogen) atoms. The van der Waals surface area contributed by atoms with Gasteiger partial charge in [0.15, 0.2) is 0 Å². The van der Waals surface area contributed by atoms with Crippen LogP contribution in [0.3, 0.4) is 0 Å². The highest BCUT2D eigenvalue weighted by molar-refractivity contribution is 7.29.